The zero-order chi connectivity index (χ0) is 15.3. The molecular formula is C18H29NO2. The van der Waals surface area contributed by atoms with Crippen LogP contribution >= 0.6 is 0 Å². The lowest BCUT2D eigenvalue weighted by Gasteiger charge is -2.23. The first-order valence-corrected chi connectivity index (χ1v) is 8.02. The number of rotatable bonds is 5. The monoisotopic (exact) mass is 291 g/mol. The van der Waals surface area contributed by atoms with Gasteiger partial charge in [-0.05, 0) is 42.4 Å². The molecule has 0 spiro atoms. The zero-order valence-electron chi connectivity index (χ0n) is 13.9. The van der Waals surface area contributed by atoms with E-state index in [1.165, 1.54) is 11.1 Å². The Morgan fingerprint density at radius 2 is 1.95 bits per heavy atom. The van der Waals surface area contributed by atoms with E-state index >= 15 is 0 Å². The van der Waals surface area contributed by atoms with Crippen molar-refractivity contribution in [3.63, 3.8) is 0 Å². The minimum atomic E-state index is 0.188. The van der Waals surface area contributed by atoms with Gasteiger partial charge in [-0.3, -0.25) is 0 Å². The summed E-state index contributed by atoms with van der Waals surface area (Å²) < 4.78 is 11.3. The molecule has 1 heterocycles. The molecule has 0 atom stereocenters. The van der Waals surface area contributed by atoms with Crippen molar-refractivity contribution in [1.29, 1.82) is 0 Å². The van der Waals surface area contributed by atoms with Crippen molar-refractivity contribution < 1.29 is 9.47 Å². The summed E-state index contributed by atoms with van der Waals surface area (Å²) in [6, 6.07) is 7.10. The summed E-state index contributed by atoms with van der Waals surface area (Å²) in [6.07, 6.45) is 2.22. The molecule has 0 aromatic heterocycles. The molecule has 0 radical (unpaired) electrons. The normalized spacial score (nSPS) is 17.0. The predicted molar refractivity (Wildman–Crippen MR) is 87.2 cm³/mol. The lowest BCUT2D eigenvalue weighted by molar-refractivity contribution is 0.0770. The van der Waals surface area contributed by atoms with Crippen molar-refractivity contribution in [3.05, 3.63) is 29.3 Å². The lowest BCUT2D eigenvalue weighted by atomic mass is 9.86. The standard InChI is InChI=1S/C18H29NO2/c1-14-13-15(18(2,3)4)5-6-17(14)21-12-9-19-16-7-10-20-11-8-16/h5-6,13,16,19H,7-12H2,1-4H3. The van der Waals surface area contributed by atoms with Crippen LogP contribution in [0, 0.1) is 6.92 Å². The SMILES string of the molecule is Cc1cc(C(C)(C)C)ccc1OCCNC1CCOCC1. The van der Waals surface area contributed by atoms with Crippen LogP contribution in [0.1, 0.15) is 44.7 Å². The molecule has 1 aromatic carbocycles. The van der Waals surface area contributed by atoms with E-state index in [2.05, 4.69) is 51.2 Å². The van der Waals surface area contributed by atoms with Crippen LogP contribution in [0.5, 0.6) is 5.75 Å². The molecule has 0 unspecified atom stereocenters. The first-order valence-electron chi connectivity index (χ1n) is 8.02. The van der Waals surface area contributed by atoms with E-state index in [9.17, 15) is 0 Å². The molecule has 0 amide bonds. The first-order chi connectivity index (χ1) is 9.97. The van der Waals surface area contributed by atoms with Crippen LogP contribution in [0.15, 0.2) is 18.2 Å². The third-order valence-electron chi connectivity index (χ3n) is 4.05. The average molecular weight is 291 g/mol. The molecule has 1 N–H and O–H groups in total. The Bertz CT molecular complexity index is 445. The van der Waals surface area contributed by atoms with Gasteiger partial charge in [0.2, 0.25) is 0 Å². The molecule has 118 valence electrons. The van der Waals surface area contributed by atoms with E-state index in [0.717, 1.165) is 38.3 Å². The molecule has 1 aliphatic heterocycles. The van der Waals surface area contributed by atoms with Gasteiger partial charge in [0.05, 0.1) is 0 Å². The van der Waals surface area contributed by atoms with E-state index < -0.39 is 0 Å². The number of hydrogen-bond acceptors (Lipinski definition) is 3. The largest absolute Gasteiger partial charge is 0.492 e. The van der Waals surface area contributed by atoms with Gasteiger partial charge in [0.15, 0.2) is 0 Å². The number of aryl methyl sites for hydroxylation is 1. The molecule has 1 aromatic rings. The Morgan fingerprint density at radius 1 is 1.24 bits per heavy atom. The summed E-state index contributed by atoms with van der Waals surface area (Å²) in [4.78, 5) is 0. The minimum absolute atomic E-state index is 0.188. The fraction of sp³-hybridized carbons (Fsp3) is 0.667. The lowest BCUT2D eigenvalue weighted by Crippen LogP contribution is -2.37. The second-order valence-corrected chi connectivity index (χ2v) is 6.92. The molecule has 1 saturated heterocycles. The molecule has 0 bridgehead atoms. The highest BCUT2D eigenvalue weighted by atomic mass is 16.5. The fourth-order valence-corrected chi connectivity index (χ4v) is 2.60. The maximum absolute atomic E-state index is 5.90. The van der Waals surface area contributed by atoms with Crippen LogP contribution in [-0.4, -0.2) is 32.4 Å². The van der Waals surface area contributed by atoms with Crippen LogP contribution in [0.3, 0.4) is 0 Å². The Kier molecular flexibility index (Phi) is 5.65. The van der Waals surface area contributed by atoms with Crippen LogP contribution in [-0.2, 0) is 10.2 Å². The third-order valence-corrected chi connectivity index (χ3v) is 4.05. The molecular weight excluding hydrogens is 262 g/mol. The highest BCUT2D eigenvalue weighted by Crippen LogP contribution is 2.27. The summed E-state index contributed by atoms with van der Waals surface area (Å²) in [5, 5.41) is 3.54. The zero-order valence-corrected chi connectivity index (χ0v) is 13.9. The van der Waals surface area contributed by atoms with Gasteiger partial charge in [-0.15, -0.1) is 0 Å². The van der Waals surface area contributed by atoms with Gasteiger partial charge in [-0.1, -0.05) is 32.9 Å². The smallest absolute Gasteiger partial charge is 0.122 e. The van der Waals surface area contributed by atoms with Crippen LogP contribution in [0.4, 0.5) is 0 Å². The summed E-state index contributed by atoms with van der Waals surface area (Å²) in [7, 11) is 0. The van der Waals surface area contributed by atoms with E-state index in [-0.39, 0.29) is 5.41 Å². The number of ether oxygens (including phenoxy) is 2. The Hall–Kier alpha value is -1.06. The van der Waals surface area contributed by atoms with Crippen molar-refractivity contribution in [2.45, 2.75) is 52.0 Å². The second-order valence-electron chi connectivity index (χ2n) is 6.92. The summed E-state index contributed by atoms with van der Waals surface area (Å²) in [5.74, 6) is 0.997. The van der Waals surface area contributed by atoms with Crippen molar-refractivity contribution in [2.75, 3.05) is 26.4 Å². The Labute approximate surface area is 129 Å². The summed E-state index contributed by atoms with van der Waals surface area (Å²) in [5.41, 5.74) is 2.76. The summed E-state index contributed by atoms with van der Waals surface area (Å²) in [6.45, 7) is 12.2. The van der Waals surface area contributed by atoms with E-state index in [1.807, 2.05) is 0 Å². The highest BCUT2D eigenvalue weighted by Gasteiger charge is 2.15. The Morgan fingerprint density at radius 3 is 2.57 bits per heavy atom. The molecule has 1 fully saturated rings. The van der Waals surface area contributed by atoms with Crippen LogP contribution in [0.2, 0.25) is 0 Å². The van der Waals surface area contributed by atoms with Crippen molar-refractivity contribution in [3.8, 4) is 5.75 Å². The maximum atomic E-state index is 5.90. The molecule has 21 heavy (non-hydrogen) atoms. The van der Waals surface area contributed by atoms with Gasteiger partial charge in [0, 0.05) is 25.8 Å². The van der Waals surface area contributed by atoms with Crippen LogP contribution in [0.25, 0.3) is 0 Å². The molecule has 2 rings (SSSR count). The van der Waals surface area contributed by atoms with Crippen molar-refractivity contribution >= 4 is 0 Å². The van der Waals surface area contributed by atoms with Gasteiger partial charge in [0.1, 0.15) is 12.4 Å². The van der Waals surface area contributed by atoms with Crippen molar-refractivity contribution in [2.24, 2.45) is 0 Å². The summed E-state index contributed by atoms with van der Waals surface area (Å²) >= 11 is 0. The number of nitrogens with one attached hydrogen (secondary N) is 1. The Balaban J connectivity index is 1.78. The topological polar surface area (TPSA) is 30.5 Å². The highest BCUT2D eigenvalue weighted by molar-refractivity contribution is 5.38. The van der Waals surface area contributed by atoms with Gasteiger partial charge in [-0.2, -0.15) is 0 Å². The van der Waals surface area contributed by atoms with Crippen LogP contribution < -0.4 is 10.1 Å². The van der Waals surface area contributed by atoms with E-state index in [0.29, 0.717) is 12.6 Å². The fourth-order valence-electron chi connectivity index (χ4n) is 2.60. The minimum Gasteiger partial charge on any atom is -0.492 e. The quantitative estimate of drug-likeness (QED) is 0.843. The molecule has 0 saturated carbocycles. The first kappa shape index (κ1) is 16.3. The van der Waals surface area contributed by atoms with E-state index in [4.69, 9.17) is 9.47 Å². The maximum Gasteiger partial charge on any atom is 0.122 e. The van der Waals surface area contributed by atoms with E-state index in [1.54, 1.807) is 0 Å². The van der Waals surface area contributed by atoms with Crippen molar-refractivity contribution in [1.82, 2.24) is 5.32 Å². The second kappa shape index (κ2) is 7.28. The average Bonchev–Trinajstić information content (AvgIpc) is 2.45. The molecule has 3 heteroatoms. The van der Waals surface area contributed by atoms with Gasteiger partial charge < -0.3 is 14.8 Å². The van der Waals surface area contributed by atoms with Gasteiger partial charge in [0.25, 0.3) is 0 Å². The number of hydrogen-bond donors (Lipinski definition) is 1. The molecule has 3 nitrogen and oxygen atoms in total. The molecule has 1 aliphatic rings. The third kappa shape index (κ3) is 5.01. The van der Waals surface area contributed by atoms with Gasteiger partial charge in [-0.25, -0.2) is 0 Å². The molecule has 0 aliphatic carbocycles. The predicted octanol–water partition coefficient (Wildman–Crippen LogP) is 3.44. The van der Waals surface area contributed by atoms with Gasteiger partial charge >= 0.3 is 0 Å². The number of benzene rings is 1.